The van der Waals surface area contributed by atoms with Crippen LogP contribution in [0.2, 0.25) is 0 Å². The van der Waals surface area contributed by atoms with Crippen LogP contribution in [0.25, 0.3) is 0 Å². The van der Waals surface area contributed by atoms with E-state index in [0.29, 0.717) is 0 Å². The number of hydrogen-bond donors (Lipinski definition) is 1. The Morgan fingerprint density at radius 3 is 2.00 bits per heavy atom. The van der Waals surface area contributed by atoms with E-state index < -0.39 is 15.7 Å². The van der Waals surface area contributed by atoms with E-state index in [2.05, 4.69) is 0 Å². The Labute approximate surface area is 72.0 Å². The third-order valence-corrected chi connectivity index (χ3v) is 2.90. The summed E-state index contributed by atoms with van der Waals surface area (Å²) in [6.45, 7) is 3.24. The summed E-state index contributed by atoms with van der Waals surface area (Å²) < 4.78 is 30.6. The van der Waals surface area contributed by atoms with Crippen molar-refractivity contribution in [3.8, 4) is 0 Å². The molecule has 0 bridgehead atoms. The van der Waals surface area contributed by atoms with Crippen LogP contribution in [-0.4, -0.2) is 35.7 Å². The van der Waals surface area contributed by atoms with Crippen LogP contribution < -0.4 is 0 Å². The average Bonchev–Trinajstić information content (AvgIpc) is 1.56. The zero-order chi connectivity index (χ0) is 9.28. The van der Waals surface area contributed by atoms with Crippen LogP contribution in [0.3, 0.4) is 0 Å². The zero-order valence-corrected chi connectivity index (χ0v) is 8.28. The summed E-state index contributed by atoms with van der Waals surface area (Å²) in [6, 6.07) is 0. The highest BCUT2D eigenvalue weighted by molar-refractivity contribution is 7.85. The predicted molar refractivity (Wildman–Crippen MR) is 44.1 cm³/mol. The number of halogens is 1. The van der Waals surface area contributed by atoms with Crippen LogP contribution in [0.15, 0.2) is 0 Å². The molecule has 4 nitrogen and oxygen atoms in total. The van der Waals surface area contributed by atoms with Crippen LogP contribution in [-0.2, 0) is 10.1 Å². The largest absolute Gasteiger partial charge is 0.285 e. The van der Waals surface area contributed by atoms with Gasteiger partial charge in [-0.25, -0.2) is 4.42 Å². The molecule has 0 amide bonds. The number of hydrogen-bond acceptors (Lipinski definition) is 3. The van der Waals surface area contributed by atoms with Crippen LogP contribution in [0, 0.1) is 0 Å². The van der Waals surface area contributed by atoms with Gasteiger partial charge in [0.2, 0.25) is 0 Å². The topological polar surface area (TPSA) is 57.6 Å². The summed E-state index contributed by atoms with van der Waals surface area (Å²) >= 11 is 5.53. The van der Waals surface area contributed by atoms with E-state index in [9.17, 15) is 8.42 Å². The first-order valence-corrected chi connectivity index (χ1v) is 4.95. The Morgan fingerprint density at radius 1 is 1.55 bits per heavy atom. The Kier molecular flexibility index (Phi) is 3.31. The third-order valence-electron chi connectivity index (χ3n) is 1.37. The molecule has 0 aromatic heterocycles. The molecule has 0 spiro atoms. The molecule has 0 aromatic carbocycles. The fourth-order valence-corrected chi connectivity index (χ4v) is 1.75. The Hall–Kier alpha value is 0.160. The molecule has 0 aliphatic heterocycles. The van der Waals surface area contributed by atoms with Gasteiger partial charge in [-0.1, -0.05) is 0 Å². The van der Waals surface area contributed by atoms with Gasteiger partial charge in [0.05, 0.1) is 5.75 Å². The van der Waals surface area contributed by atoms with Gasteiger partial charge in [-0.15, -0.1) is 0 Å². The van der Waals surface area contributed by atoms with Crippen molar-refractivity contribution < 1.29 is 13.0 Å². The molecule has 1 N–H and O–H groups in total. The summed E-state index contributed by atoms with van der Waals surface area (Å²) in [5.41, 5.74) is -0.755. The van der Waals surface area contributed by atoms with Gasteiger partial charge in [0.1, 0.15) is 0 Å². The van der Waals surface area contributed by atoms with Gasteiger partial charge in [0, 0.05) is 12.6 Å². The van der Waals surface area contributed by atoms with Gasteiger partial charge >= 0.3 is 0 Å². The SMILES string of the molecule is CN(Cl)C(C)(C)CS(=O)(=O)O. The van der Waals surface area contributed by atoms with Crippen molar-refractivity contribution in [3.05, 3.63) is 0 Å². The Morgan fingerprint density at radius 2 is 1.91 bits per heavy atom. The third kappa shape index (κ3) is 4.58. The quantitative estimate of drug-likeness (QED) is 0.541. The molecule has 0 fully saturated rings. The standard InChI is InChI=1S/C5H12ClNO3S/c1-5(2,7(3)6)4-11(8,9)10/h4H2,1-3H3,(H,8,9,10). The lowest BCUT2D eigenvalue weighted by Crippen LogP contribution is -2.41. The summed E-state index contributed by atoms with van der Waals surface area (Å²) in [6.07, 6.45) is 0. The first kappa shape index (κ1) is 11.2. The maximum absolute atomic E-state index is 10.4. The van der Waals surface area contributed by atoms with E-state index in [1.54, 1.807) is 13.8 Å². The molecule has 0 rings (SSSR count). The first-order valence-electron chi connectivity index (χ1n) is 3.00. The minimum absolute atomic E-state index is 0.375. The number of rotatable bonds is 3. The second-order valence-electron chi connectivity index (χ2n) is 3.02. The van der Waals surface area contributed by atoms with Gasteiger partial charge in [-0.05, 0) is 25.6 Å². The normalized spacial score (nSPS) is 14.0. The van der Waals surface area contributed by atoms with Crippen LogP contribution in [0.5, 0.6) is 0 Å². The molecule has 11 heavy (non-hydrogen) atoms. The van der Waals surface area contributed by atoms with E-state index in [1.807, 2.05) is 0 Å². The summed E-state index contributed by atoms with van der Waals surface area (Å²) in [5.74, 6) is -0.375. The van der Waals surface area contributed by atoms with Crippen LogP contribution in [0.1, 0.15) is 13.8 Å². The van der Waals surface area contributed by atoms with Crippen molar-refractivity contribution in [2.24, 2.45) is 0 Å². The second kappa shape index (κ2) is 3.26. The summed E-state index contributed by atoms with van der Waals surface area (Å²) in [5, 5.41) is 0. The minimum atomic E-state index is -3.95. The van der Waals surface area contributed by atoms with Crippen molar-refractivity contribution >= 4 is 21.9 Å². The molecular formula is C5H12ClNO3S. The van der Waals surface area contributed by atoms with Gasteiger partial charge in [0.25, 0.3) is 10.1 Å². The molecule has 0 atom stereocenters. The Bertz CT molecular complexity index is 222. The maximum Gasteiger partial charge on any atom is 0.266 e. The fraction of sp³-hybridized carbons (Fsp3) is 1.00. The fourth-order valence-electron chi connectivity index (χ4n) is 0.535. The molecule has 68 valence electrons. The molecular weight excluding hydrogens is 190 g/mol. The van der Waals surface area contributed by atoms with E-state index in [4.69, 9.17) is 16.3 Å². The van der Waals surface area contributed by atoms with Crippen molar-refractivity contribution in [1.29, 1.82) is 0 Å². The minimum Gasteiger partial charge on any atom is -0.285 e. The molecule has 0 saturated carbocycles. The predicted octanol–water partition coefficient (Wildman–Crippen LogP) is 0.738. The Balaban J connectivity index is 4.38. The molecule has 0 aliphatic carbocycles. The molecule has 0 aliphatic rings. The first-order chi connectivity index (χ1) is 4.65. The molecule has 0 saturated heterocycles. The lowest BCUT2D eigenvalue weighted by molar-refractivity contribution is 0.302. The van der Waals surface area contributed by atoms with Gasteiger partial charge in [-0.2, -0.15) is 8.42 Å². The molecule has 0 unspecified atom stereocenters. The highest BCUT2D eigenvalue weighted by atomic mass is 35.5. The summed E-state index contributed by atoms with van der Waals surface area (Å²) in [4.78, 5) is 0. The van der Waals surface area contributed by atoms with Crippen LogP contribution >= 0.6 is 11.8 Å². The van der Waals surface area contributed by atoms with Gasteiger partial charge < -0.3 is 0 Å². The smallest absolute Gasteiger partial charge is 0.266 e. The zero-order valence-electron chi connectivity index (χ0n) is 6.70. The van der Waals surface area contributed by atoms with E-state index in [1.165, 1.54) is 11.5 Å². The van der Waals surface area contributed by atoms with E-state index >= 15 is 0 Å². The average molecular weight is 202 g/mol. The monoisotopic (exact) mass is 201 g/mol. The summed E-state index contributed by atoms with van der Waals surface area (Å²) in [7, 11) is -2.42. The van der Waals surface area contributed by atoms with E-state index in [0.717, 1.165) is 0 Å². The lowest BCUT2D eigenvalue weighted by Gasteiger charge is -2.28. The van der Waals surface area contributed by atoms with E-state index in [-0.39, 0.29) is 5.75 Å². The van der Waals surface area contributed by atoms with Gasteiger partial charge in [-0.3, -0.25) is 4.55 Å². The lowest BCUT2D eigenvalue weighted by atomic mass is 10.1. The molecule has 6 heteroatoms. The van der Waals surface area contributed by atoms with Crippen molar-refractivity contribution in [2.45, 2.75) is 19.4 Å². The van der Waals surface area contributed by atoms with Crippen molar-refractivity contribution in [2.75, 3.05) is 12.8 Å². The highest BCUT2D eigenvalue weighted by Crippen LogP contribution is 2.16. The van der Waals surface area contributed by atoms with Crippen LogP contribution in [0.4, 0.5) is 0 Å². The van der Waals surface area contributed by atoms with Gasteiger partial charge in [0.15, 0.2) is 0 Å². The molecule has 0 radical (unpaired) electrons. The molecule has 0 aromatic rings. The molecule has 0 heterocycles. The maximum atomic E-state index is 10.4. The van der Waals surface area contributed by atoms with Crippen molar-refractivity contribution in [3.63, 3.8) is 0 Å². The highest BCUT2D eigenvalue weighted by Gasteiger charge is 2.28. The second-order valence-corrected chi connectivity index (χ2v) is 4.98. The van der Waals surface area contributed by atoms with Crippen molar-refractivity contribution in [1.82, 2.24) is 4.42 Å². The number of nitrogens with zero attached hydrogens (tertiary/aromatic N) is 1.